The van der Waals surface area contributed by atoms with Crippen LogP contribution in [0.5, 0.6) is 0 Å². The summed E-state index contributed by atoms with van der Waals surface area (Å²) in [5, 5.41) is 11.4. The Morgan fingerprint density at radius 1 is 1.12 bits per heavy atom. The van der Waals surface area contributed by atoms with Crippen molar-refractivity contribution in [3.8, 4) is 11.3 Å². The van der Waals surface area contributed by atoms with Gasteiger partial charge in [0.25, 0.3) is 0 Å². The van der Waals surface area contributed by atoms with Gasteiger partial charge in [0.1, 0.15) is 5.82 Å². The van der Waals surface area contributed by atoms with Gasteiger partial charge < -0.3 is 19.7 Å². The number of nitrogens with one attached hydrogen (secondary N) is 1. The van der Waals surface area contributed by atoms with Crippen LogP contribution in [0, 0.1) is 11.8 Å². The molecule has 0 aromatic carbocycles. The maximum absolute atomic E-state index is 13.3. The van der Waals surface area contributed by atoms with Crippen molar-refractivity contribution >= 4 is 5.82 Å². The number of hydrogen-bond donors (Lipinski definition) is 1. The molecule has 2 aromatic rings. The van der Waals surface area contributed by atoms with E-state index < -0.39 is 24.3 Å². The Balaban J connectivity index is 1.19. The molecule has 32 heavy (non-hydrogen) atoms. The van der Waals surface area contributed by atoms with Gasteiger partial charge in [0.05, 0.1) is 37.2 Å². The molecule has 4 atom stereocenters. The van der Waals surface area contributed by atoms with E-state index in [-0.39, 0.29) is 23.9 Å². The van der Waals surface area contributed by atoms with Crippen molar-refractivity contribution in [3.05, 3.63) is 36.2 Å². The molecular weight excluding hydrogens is 423 g/mol. The molecule has 172 valence electrons. The van der Waals surface area contributed by atoms with Gasteiger partial charge in [0, 0.05) is 46.3 Å². The second kappa shape index (κ2) is 8.92. The van der Waals surface area contributed by atoms with E-state index in [4.69, 9.17) is 12.2 Å². The van der Waals surface area contributed by atoms with E-state index in [9.17, 15) is 13.2 Å². The van der Waals surface area contributed by atoms with Crippen molar-refractivity contribution in [2.24, 2.45) is 11.8 Å². The summed E-state index contributed by atoms with van der Waals surface area (Å²) in [6.07, 6.45) is -1.10. The number of ether oxygens (including phenoxy) is 2. The number of halogens is 3. The molecule has 0 amide bonds. The largest absolute Gasteiger partial charge is 0.417 e. The van der Waals surface area contributed by atoms with E-state index in [0.29, 0.717) is 44.0 Å². The summed E-state index contributed by atoms with van der Waals surface area (Å²) < 4.78 is 67.9. The van der Waals surface area contributed by atoms with Gasteiger partial charge in [-0.3, -0.25) is 4.98 Å². The summed E-state index contributed by atoms with van der Waals surface area (Å²) in [6.45, 7) is 0.913. The standard InChI is InChI=1S/C22H26F3N5O2/c23-22(24,25)19-3-4-26-9-18(19)20-1-2-21(29-28-20)27-16-7-14-10-30(11-15(14)8-16)12-17-13-31-5-6-32-17/h1-4,9,14-17H,5-8,10-13H2,(H,27,29)/t14-,15+,16?,17-/m1/s1/i12D2. The number of fused-ring (bicyclic) bond motifs is 1. The number of likely N-dealkylation sites (tertiary alicyclic amines) is 1. The van der Waals surface area contributed by atoms with Crippen LogP contribution in [-0.2, 0) is 15.7 Å². The van der Waals surface area contributed by atoms with E-state index in [0.717, 1.165) is 31.3 Å². The molecule has 1 N–H and O–H groups in total. The van der Waals surface area contributed by atoms with E-state index in [1.54, 1.807) is 6.07 Å². The maximum Gasteiger partial charge on any atom is 0.417 e. The molecule has 3 aliphatic rings. The Morgan fingerprint density at radius 3 is 2.59 bits per heavy atom. The number of pyridine rings is 1. The molecule has 4 heterocycles. The minimum absolute atomic E-state index is 0.105. The van der Waals surface area contributed by atoms with Gasteiger partial charge >= 0.3 is 6.18 Å². The van der Waals surface area contributed by atoms with Crippen molar-refractivity contribution in [1.82, 2.24) is 20.1 Å². The summed E-state index contributed by atoms with van der Waals surface area (Å²) in [7, 11) is 0. The van der Waals surface area contributed by atoms with Crippen molar-refractivity contribution in [3.63, 3.8) is 0 Å². The highest BCUT2D eigenvalue weighted by atomic mass is 19.4. The topological polar surface area (TPSA) is 72.4 Å². The van der Waals surface area contributed by atoms with Crippen LogP contribution in [0.25, 0.3) is 11.3 Å². The SMILES string of the molecule is [2H]C([2H])([C@@H]1COCCO1)N1C[C@H]2CC(Nc3ccc(-c4cnccc4C(F)(F)F)nn3)C[C@H]2C1. The van der Waals surface area contributed by atoms with Gasteiger partial charge in [-0.15, -0.1) is 10.2 Å². The lowest BCUT2D eigenvalue weighted by Gasteiger charge is -2.28. The molecular formula is C22H26F3N5O2. The summed E-state index contributed by atoms with van der Waals surface area (Å²) in [4.78, 5) is 5.67. The Bertz CT molecular complexity index is 991. The molecule has 2 saturated heterocycles. The lowest BCUT2D eigenvalue weighted by atomic mass is 10.0. The summed E-state index contributed by atoms with van der Waals surface area (Å²) in [6, 6.07) is 4.23. The minimum atomic E-state index is -4.50. The first kappa shape index (κ1) is 19.2. The predicted octanol–water partition coefficient (Wildman–Crippen LogP) is 3.10. The van der Waals surface area contributed by atoms with E-state index in [1.807, 2.05) is 4.90 Å². The molecule has 2 aliphatic heterocycles. The highest BCUT2D eigenvalue weighted by Crippen LogP contribution is 2.39. The molecule has 10 heteroatoms. The fraction of sp³-hybridized carbons (Fsp3) is 0.591. The molecule has 0 bridgehead atoms. The van der Waals surface area contributed by atoms with Crippen LogP contribution in [0.2, 0.25) is 0 Å². The smallest absolute Gasteiger partial charge is 0.376 e. The van der Waals surface area contributed by atoms with Crippen LogP contribution in [0.15, 0.2) is 30.6 Å². The molecule has 1 unspecified atom stereocenters. The molecule has 0 spiro atoms. The van der Waals surface area contributed by atoms with Gasteiger partial charge in [-0.25, -0.2) is 0 Å². The van der Waals surface area contributed by atoms with E-state index in [2.05, 4.69) is 20.5 Å². The second-order valence-corrected chi connectivity index (χ2v) is 8.52. The zero-order valence-electron chi connectivity index (χ0n) is 19.4. The van der Waals surface area contributed by atoms with Crippen molar-refractivity contribution in [1.29, 1.82) is 0 Å². The number of rotatable bonds is 5. The van der Waals surface area contributed by atoms with E-state index >= 15 is 0 Å². The van der Waals surface area contributed by atoms with Gasteiger partial charge in [-0.2, -0.15) is 13.2 Å². The monoisotopic (exact) mass is 451 g/mol. The summed E-state index contributed by atoms with van der Waals surface area (Å²) in [5.74, 6) is 1.22. The van der Waals surface area contributed by atoms with Crippen LogP contribution in [0.3, 0.4) is 0 Å². The zero-order chi connectivity index (χ0) is 23.9. The van der Waals surface area contributed by atoms with Gasteiger partial charge in [-0.1, -0.05) is 0 Å². The third-order valence-electron chi connectivity index (χ3n) is 6.31. The van der Waals surface area contributed by atoms with Crippen molar-refractivity contribution in [2.75, 3.05) is 44.7 Å². The number of aromatic nitrogens is 3. The molecule has 3 fully saturated rings. The maximum atomic E-state index is 13.3. The van der Waals surface area contributed by atoms with E-state index in [1.165, 1.54) is 6.07 Å². The Hall–Kier alpha value is -2.30. The number of nitrogens with zero attached hydrogens (tertiary/aromatic N) is 4. The normalized spacial score (nSPS) is 30.0. The number of hydrogen-bond acceptors (Lipinski definition) is 7. The van der Waals surface area contributed by atoms with Crippen molar-refractivity contribution < 1.29 is 25.4 Å². The molecule has 7 nitrogen and oxygen atoms in total. The van der Waals surface area contributed by atoms with Gasteiger partial charge in [0.15, 0.2) is 0 Å². The highest BCUT2D eigenvalue weighted by Gasteiger charge is 2.41. The first-order valence-corrected chi connectivity index (χ1v) is 10.8. The third kappa shape index (κ3) is 4.72. The molecule has 1 saturated carbocycles. The highest BCUT2D eigenvalue weighted by molar-refractivity contribution is 5.63. The zero-order valence-corrected chi connectivity index (χ0v) is 17.4. The van der Waals surface area contributed by atoms with Crippen LogP contribution >= 0.6 is 0 Å². The molecule has 2 aromatic heterocycles. The fourth-order valence-corrected chi connectivity index (χ4v) is 4.90. The fourth-order valence-electron chi connectivity index (χ4n) is 4.90. The Labute approximate surface area is 187 Å². The summed E-state index contributed by atoms with van der Waals surface area (Å²) in [5.41, 5.74) is -0.789. The van der Waals surface area contributed by atoms with Gasteiger partial charge in [0.2, 0.25) is 0 Å². The predicted molar refractivity (Wildman–Crippen MR) is 111 cm³/mol. The quantitative estimate of drug-likeness (QED) is 0.749. The average molecular weight is 451 g/mol. The Kier molecular flexibility index (Phi) is 5.35. The first-order chi connectivity index (χ1) is 16.2. The minimum Gasteiger partial charge on any atom is -0.376 e. The Morgan fingerprint density at radius 2 is 1.94 bits per heavy atom. The average Bonchev–Trinajstić information content (AvgIpc) is 3.39. The number of anilines is 1. The molecule has 1 aliphatic carbocycles. The third-order valence-corrected chi connectivity index (χ3v) is 6.31. The van der Waals surface area contributed by atoms with Crippen molar-refractivity contribution in [2.45, 2.75) is 31.2 Å². The van der Waals surface area contributed by atoms with Crippen LogP contribution in [0.1, 0.15) is 21.1 Å². The lowest BCUT2D eigenvalue weighted by molar-refractivity contribution is -0.137. The first-order valence-electron chi connectivity index (χ1n) is 11.8. The number of alkyl halides is 3. The lowest BCUT2D eigenvalue weighted by Crippen LogP contribution is -2.39. The molecule has 0 radical (unpaired) electrons. The summed E-state index contributed by atoms with van der Waals surface area (Å²) >= 11 is 0. The van der Waals surface area contributed by atoms with Crippen LogP contribution in [-0.4, -0.2) is 71.6 Å². The van der Waals surface area contributed by atoms with Gasteiger partial charge in [-0.05, 0) is 42.9 Å². The molecule has 5 rings (SSSR count). The second-order valence-electron chi connectivity index (χ2n) is 8.52. The van der Waals surface area contributed by atoms with Crippen LogP contribution < -0.4 is 5.32 Å². The van der Waals surface area contributed by atoms with Crippen LogP contribution in [0.4, 0.5) is 19.0 Å².